The second kappa shape index (κ2) is 8.82. The number of rotatable bonds is 7. The molecule has 2 N–H and O–H groups in total. The van der Waals surface area contributed by atoms with E-state index in [9.17, 15) is 14.4 Å². The van der Waals surface area contributed by atoms with Gasteiger partial charge in [0.1, 0.15) is 10.9 Å². The number of amides is 2. The smallest absolute Gasteiger partial charge is 0.350 e. The van der Waals surface area contributed by atoms with Crippen molar-refractivity contribution in [3.63, 3.8) is 0 Å². The van der Waals surface area contributed by atoms with E-state index < -0.39 is 24.5 Å². The van der Waals surface area contributed by atoms with E-state index in [1.54, 1.807) is 6.92 Å². The van der Waals surface area contributed by atoms with Gasteiger partial charge in [-0.1, -0.05) is 36.7 Å². The van der Waals surface area contributed by atoms with Gasteiger partial charge in [0.15, 0.2) is 6.61 Å². The zero-order valence-electron chi connectivity index (χ0n) is 13.9. The highest BCUT2D eigenvalue weighted by molar-refractivity contribution is 7.21. The molecule has 0 saturated carbocycles. The number of ether oxygens (including phenoxy) is 1. The molecule has 0 bridgehead atoms. The minimum absolute atomic E-state index is 0.254. The van der Waals surface area contributed by atoms with Crippen molar-refractivity contribution in [3.05, 3.63) is 34.2 Å². The Bertz CT molecular complexity index is 790. The van der Waals surface area contributed by atoms with E-state index in [1.165, 1.54) is 11.3 Å². The minimum atomic E-state index is -0.703. The lowest BCUT2D eigenvalue weighted by atomic mass is 10.2. The summed E-state index contributed by atoms with van der Waals surface area (Å²) in [5, 5.41) is 6.24. The summed E-state index contributed by atoms with van der Waals surface area (Å²) in [6.45, 7) is 3.56. The molecule has 0 fully saturated rings. The highest BCUT2D eigenvalue weighted by Crippen LogP contribution is 2.35. The predicted molar refractivity (Wildman–Crippen MR) is 98.0 cm³/mol. The number of nitrogens with one attached hydrogen (secondary N) is 2. The van der Waals surface area contributed by atoms with Crippen molar-refractivity contribution in [1.29, 1.82) is 0 Å². The van der Waals surface area contributed by atoms with E-state index in [0.29, 0.717) is 11.6 Å². The molecule has 1 aromatic carbocycles. The van der Waals surface area contributed by atoms with E-state index in [0.717, 1.165) is 16.5 Å². The Labute approximate surface area is 154 Å². The van der Waals surface area contributed by atoms with Crippen LogP contribution in [0.2, 0.25) is 5.02 Å². The molecule has 0 saturated heterocycles. The Balaban J connectivity index is 1.89. The number of fused-ring (bicyclic) bond motifs is 1. The van der Waals surface area contributed by atoms with Gasteiger partial charge in [0, 0.05) is 16.6 Å². The first-order chi connectivity index (χ1) is 11.9. The first-order valence-corrected chi connectivity index (χ1v) is 9.04. The van der Waals surface area contributed by atoms with Crippen LogP contribution in [-0.2, 0) is 14.3 Å². The molecule has 2 amide bonds. The van der Waals surface area contributed by atoms with Crippen molar-refractivity contribution >= 4 is 50.8 Å². The van der Waals surface area contributed by atoms with E-state index in [1.807, 2.05) is 31.2 Å². The molecule has 0 unspecified atom stereocenters. The monoisotopic (exact) mass is 382 g/mol. The first kappa shape index (κ1) is 19.2. The number of carbonyl (C=O) groups excluding carboxylic acids is 3. The molecule has 1 heterocycles. The summed E-state index contributed by atoms with van der Waals surface area (Å²) in [6, 6.07) is 6.64. The van der Waals surface area contributed by atoms with Crippen LogP contribution in [0.25, 0.3) is 10.1 Å². The van der Waals surface area contributed by atoms with Gasteiger partial charge in [-0.2, -0.15) is 0 Å². The molecule has 2 rings (SSSR count). The second-order valence-electron chi connectivity index (χ2n) is 5.40. The number of carbonyl (C=O) groups is 3. The average Bonchev–Trinajstić information content (AvgIpc) is 2.94. The van der Waals surface area contributed by atoms with Crippen LogP contribution in [0.15, 0.2) is 24.3 Å². The number of halogens is 1. The van der Waals surface area contributed by atoms with Gasteiger partial charge in [-0.25, -0.2) is 4.79 Å². The predicted octanol–water partition coefficient (Wildman–Crippen LogP) is 2.74. The fourth-order valence-electron chi connectivity index (χ4n) is 2.09. The third kappa shape index (κ3) is 4.93. The number of hydrogen-bond acceptors (Lipinski definition) is 5. The summed E-state index contributed by atoms with van der Waals surface area (Å²) in [5.74, 6) is -1.50. The van der Waals surface area contributed by atoms with Crippen LogP contribution in [0.1, 0.15) is 29.9 Å². The van der Waals surface area contributed by atoms with Gasteiger partial charge in [-0.05, 0) is 19.4 Å². The normalized spacial score (nSPS) is 11.8. The molecule has 0 aliphatic carbocycles. The maximum Gasteiger partial charge on any atom is 0.350 e. The molecule has 134 valence electrons. The van der Waals surface area contributed by atoms with Gasteiger partial charge in [0.05, 0.1) is 5.02 Å². The SMILES string of the molecule is CCCNC(=O)[C@H](C)NC(=O)COC(=O)c1sc2ccccc2c1Cl. The number of hydrogen-bond donors (Lipinski definition) is 2. The lowest BCUT2D eigenvalue weighted by Gasteiger charge is -2.13. The number of thiophene rings is 1. The van der Waals surface area contributed by atoms with Crippen LogP contribution in [0.3, 0.4) is 0 Å². The zero-order chi connectivity index (χ0) is 18.4. The topological polar surface area (TPSA) is 84.5 Å². The van der Waals surface area contributed by atoms with Crippen molar-refractivity contribution in [2.24, 2.45) is 0 Å². The standard InChI is InChI=1S/C17H19ClN2O4S/c1-3-8-19-16(22)10(2)20-13(21)9-24-17(23)15-14(18)11-6-4-5-7-12(11)25-15/h4-7,10H,3,8-9H2,1-2H3,(H,19,22)(H,20,21)/t10-/m0/s1. The Morgan fingerprint density at radius 2 is 2.00 bits per heavy atom. The van der Waals surface area contributed by atoms with Crippen LogP contribution >= 0.6 is 22.9 Å². The van der Waals surface area contributed by atoms with Gasteiger partial charge < -0.3 is 15.4 Å². The molecule has 25 heavy (non-hydrogen) atoms. The molecule has 2 aromatic rings. The molecular weight excluding hydrogens is 364 g/mol. The van der Waals surface area contributed by atoms with Crippen molar-refractivity contribution in [3.8, 4) is 0 Å². The van der Waals surface area contributed by atoms with Gasteiger partial charge in [0.2, 0.25) is 5.91 Å². The zero-order valence-corrected chi connectivity index (χ0v) is 15.5. The Hall–Kier alpha value is -2.12. The molecular formula is C17H19ClN2O4S. The molecule has 0 radical (unpaired) electrons. The van der Waals surface area contributed by atoms with Crippen molar-refractivity contribution in [2.45, 2.75) is 26.3 Å². The van der Waals surface area contributed by atoms with Crippen LogP contribution in [0.4, 0.5) is 0 Å². The molecule has 8 heteroatoms. The Morgan fingerprint density at radius 3 is 2.68 bits per heavy atom. The molecule has 0 aliphatic heterocycles. The third-order valence-electron chi connectivity index (χ3n) is 3.37. The number of benzene rings is 1. The molecule has 6 nitrogen and oxygen atoms in total. The maximum absolute atomic E-state index is 12.1. The largest absolute Gasteiger partial charge is 0.451 e. The summed E-state index contributed by atoms with van der Waals surface area (Å²) in [7, 11) is 0. The van der Waals surface area contributed by atoms with E-state index in [-0.39, 0.29) is 10.8 Å². The number of esters is 1. The van der Waals surface area contributed by atoms with E-state index in [4.69, 9.17) is 16.3 Å². The Kier molecular flexibility index (Phi) is 6.78. The fraction of sp³-hybridized carbons (Fsp3) is 0.353. The second-order valence-corrected chi connectivity index (χ2v) is 6.83. The highest BCUT2D eigenvalue weighted by Gasteiger charge is 2.20. The summed E-state index contributed by atoms with van der Waals surface area (Å²) in [4.78, 5) is 35.9. The van der Waals surface area contributed by atoms with Crippen LogP contribution in [0, 0.1) is 0 Å². The fourth-order valence-corrected chi connectivity index (χ4v) is 3.49. The molecule has 0 spiro atoms. The highest BCUT2D eigenvalue weighted by atomic mass is 35.5. The van der Waals surface area contributed by atoms with Gasteiger partial charge in [-0.15, -0.1) is 11.3 Å². The summed E-state index contributed by atoms with van der Waals surface area (Å²) in [6.07, 6.45) is 0.806. The summed E-state index contributed by atoms with van der Waals surface area (Å²) < 4.78 is 5.87. The minimum Gasteiger partial charge on any atom is -0.451 e. The molecule has 1 atom stereocenters. The first-order valence-electron chi connectivity index (χ1n) is 7.85. The van der Waals surface area contributed by atoms with Crippen LogP contribution < -0.4 is 10.6 Å². The third-order valence-corrected chi connectivity index (χ3v) is 5.03. The van der Waals surface area contributed by atoms with Crippen LogP contribution in [-0.4, -0.2) is 37.0 Å². The molecule has 1 aromatic heterocycles. The average molecular weight is 383 g/mol. The maximum atomic E-state index is 12.1. The quantitative estimate of drug-likeness (QED) is 0.721. The van der Waals surface area contributed by atoms with Crippen LogP contribution in [0.5, 0.6) is 0 Å². The summed E-state index contributed by atoms with van der Waals surface area (Å²) in [5.41, 5.74) is 0. The Morgan fingerprint density at radius 1 is 1.28 bits per heavy atom. The lowest BCUT2D eigenvalue weighted by Crippen LogP contribution is -2.46. The van der Waals surface area contributed by atoms with Gasteiger partial charge in [0.25, 0.3) is 5.91 Å². The van der Waals surface area contributed by atoms with Crippen molar-refractivity contribution < 1.29 is 19.1 Å². The van der Waals surface area contributed by atoms with Gasteiger partial charge in [-0.3, -0.25) is 9.59 Å². The van der Waals surface area contributed by atoms with Crippen molar-refractivity contribution in [1.82, 2.24) is 10.6 Å². The van der Waals surface area contributed by atoms with Gasteiger partial charge >= 0.3 is 5.97 Å². The summed E-state index contributed by atoms with van der Waals surface area (Å²) >= 11 is 7.41. The van der Waals surface area contributed by atoms with Crippen molar-refractivity contribution in [2.75, 3.05) is 13.2 Å². The van der Waals surface area contributed by atoms with E-state index in [2.05, 4.69) is 10.6 Å². The van der Waals surface area contributed by atoms with E-state index >= 15 is 0 Å². The lowest BCUT2D eigenvalue weighted by molar-refractivity contribution is -0.130. The molecule has 0 aliphatic rings.